The van der Waals surface area contributed by atoms with E-state index in [1.807, 2.05) is 0 Å². The number of carbonyl (C=O) groups excluding carboxylic acids is 2. The van der Waals surface area contributed by atoms with Gasteiger partial charge in [0.15, 0.2) is 0 Å². The van der Waals surface area contributed by atoms with Gasteiger partial charge in [-0.1, -0.05) is 0 Å². The molecule has 0 bridgehead atoms. The third kappa shape index (κ3) is 7.55. The lowest BCUT2D eigenvalue weighted by molar-refractivity contribution is -0.189. The summed E-state index contributed by atoms with van der Waals surface area (Å²) in [5.41, 5.74) is 0. The molecule has 17 heavy (non-hydrogen) atoms. The van der Waals surface area contributed by atoms with Gasteiger partial charge in [0.1, 0.15) is 0 Å². The Kier molecular flexibility index (Phi) is 5.39. The molecule has 0 radical (unpaired) electrons. The van der Waals surface area contributed by atoms with E-state index in [1.54, 1.807) is 0 Å². The molecule has 0 aromatic carbocycles. The van der Waals surface area contributed by atoms with Crippen molar-refractivity contribution in [2.24, 2.45) is 0 Å². The third-order valence-corrected chi connectivity index (χ3v) is 2.57. The Bertz CT molecular complexity index is 389. The van der Waals surface area contributed by atoms with Crippen LogP contribution in [-0.2, 0) is 23.9 Å². The number of carbonyl (C=O) groups is 2. The van der Waals surface area contributed by atoms with Crippen LogP contribution in [0, 0.1) is 0 Å². The zero-order chi connectivity index (χ0) is 13.7. The van der Waals surface area contributed by atoms with Crippen molar-refractivity contribution in [1.29, 1.82) is 0 Å². The van der Waals surface area contributed by atoms with Gasteiger partial charge in [0.2, 0.25) is 5.91 Å². The van der Waals surface area contributed by atoms with E-state index >= 15 is 0 Å². The van der Waals surface area contributed by atoms with Crippen LogP contribution in [0.2, 0.25) is 0 Å². The Morgan fingerprint density at radius 1 is 1.29 bits per heavy atom. The van der Waals surface area contributed by atoms with Crippen LogP contribution < -0.4 is 5.32 Å². The Morgan fingerprint density at radius 2 is 1.82 bits per heavy atom. The molecule has 0 unspecified atom stereocenters. The fourth-order valence-corrected chi connectivity index (χ4v) is 1.62. The topological polar surface area (TPSA) is 89.5 Å². The molecular weight excluding hydrogens is 267 g/mol. The van der Waals surface area contributed by atoms with Crippen LogP contribution in [0.25, 0.3) is 0 Å². The number of hydrogen-bond acceptors (Lipinski definition) is 5. The van der Waals surface area contributed by atoms with Gasteiger partial charge in [0.25, 0.3) is 0 Å². The van der Waals surface area contributed by atoms with Crippen molar-refractivity contribution in [2.45, 2.75) is 19.5 Å². The SMILES string of the molecule is CC(=O)NCCCS(=O)(=O)OC(=O)C(F)(F)F. The number of nitrogens with one attached hydrogen (secondary N) is 1. The standard InChI is InChI=1S/C7H10F3NO5S/c1-5(12)11-3-2-4-17(14,15)16-6(13)7(8,9)10/h2-4H2,1H3,(H,11,12). The Labute approximate surface area is 95.2 Å². The van der Waals surface area contributed by atoms with E-state index in [-0.39, 0.29) is 13.0 Å². The second-order valence-corrected chi connectivity index (χ2v) is 4.66. The second kappa shape index (κ2) is 5.84. The third-order valence-electron chi connectivity index (χ3n) is 1.38. The second-order valence-electron chi connectivity index (χ2n) is 2.97. The van der Waals surface area contributed by atoms with Crippen LogP contribution in [0.1, 0.15) is 13.3 Å². The maximum absolute atomic E-state index is 11.7. The first-order valence-corrected chi connectivity index (χ1v) is 5.90. The lowest BCUT2D eigenvalue weighted by Crippen LogP contribution is -2.30. The molecule has 10 heteroatoms. The van der Waals surface area contributed by atoms with Crippen LogP contribution >= 0.6 is 0 Å². The minimum absolute atomic E-state index is 0.0435. The van der Waals surface area contributed by atoms with Crippen molar-refractivity contribution in [3.05, 3.63) is 0 Å². The van der Waals surface area contributed by atoms with Crippen molar-refractivity contribution in [3.63, 3.8) is 0 Å². The fraction of sp³-hybridized carbons (Fsp3) is 0.714. The van der Waals surface area contributed by atoms with E-state index in [1.165, 1.54) is 6.92 Å². The van der Waals surface area contributed by atoms with Crippen molar-refractivity contribution >= 4 is 22.0 Å². The fourth-order valence-electron chi connectivity index (χ4n) is 0.718. The summed E-state index contributed by atoms with van der Waals surface area (Å²) < 4.78 is 60.1. The first kappa shape index (κ1) is 15.7. The highest BCUT2D eigenvalue weighted by molar-refractivity contribution is 7.87. The highest BCUT2D eigenvalue weighted by atomic mass is 32.2. The number of halogens is 3. The molecule has 0 spiro atoms. The Balaban J connectivity index is 4.14. The van der Waals surface area contributed by atoms with Gasteiger partial charge >= 0.3 is 22.3 Å². The summed E-state index contributed by atoms with van der Waals surface area (Å²) in [6, 6.07) is 0. The minimum atomic E-state index is -5.36. The van der Waals surface area contributed by atoms with Crippen LogP contribution in [0.4, 0.5) is 13.2 Å². The normalized spacial score (nSPS) is 12.0. The zero-order valence-corrected chi connectivity index (χ0v) is 9.52. The van der Waals surface area contributed by atoms with Gasteiger partial charge < -0.3 is 9.50 Å². The molecule has 0 rings (SSSR count). The van der Waals surface area contributed by atoms with Crippen LogP contribution in [-0.4, -0.2) is 38.8 Å². The van der Waals surface area contributed by atoms with E-state index in [0.717, 1.165) is 0 Å². The number of hydrogen-bond donors (Lipinski definition) is 1. The maximum atomic E-state index is 11.7. The molecular formula is C7H10F3NO5S. The molecule has 0 fully saturated rings. The van der Waals surface area contributed by atoms with Crippen LogP contribution in [0.3, 0.4) is 0 Å². The van der Waals surface area contributed by atoms with Crippen molar-refractivity contribution in [3.8, 4) is 0 Å². The number of amides is 1. The molecule has 1 amide bonds. The van der Waals surface area contributed by atoms with E-state index in [9.17, 15) is 31.2 Å². The van der Waals surface area contributed by atoms with Gasteiger partial charge in [-0.05, 0) is 6.42 Å². The van der Waals surface area contributed by atoms with Crippen LogP contribution in [0.15, 0.2) is 0 Å². The molecule has 100 valence electrons. The lowest BCUT2D eigenvalue weighted by Gasteiger charge is -2.07. The number of rotatable bonds is 5. The molecule has 6 nitrogen and oxygen atoms in total. The average Bonchev–Trinajstić information content (AvgIpc) is 2.10. The van der Waals surface area contributed by atoms with Crippen molar-refractivity contribution in [1.82, 2.24) is 5.32 Å². The van der Waals surface area contributed by atoms with E-state index in [4.69, 9.17) is 0 Å². The molecule has 0 aromatic rings. The first-order chi connectivity index (χ1) is 7.54. The predicted molar refractivity (Wildman–Crippen MR) is 49.2 cm³/mol. The minimum Gasteiger partial charge on any atom is -0.356 e. The van der Waals surface area contributed by atoms with Crippen molar-refractivity contribution < 1.29 is 35.4 Å². The summed E-state index contributed by atoms with van der Waals surface area (Å²) in [5.74, 6) is -3.98. The molecule has 0 aromatic heterocycles. The molecule has 0 heterocycles. The summed E-state index contributed by atoms with van der Waals surface area (Å²) >= 11 is 0. The summed E-state index contributed by atoms with van der Waals surface area (Å²) in [5, 5.41) is 2.24. The van der Waals surface area contributed by atoms with E-state index < -0.39 is 33.9 Å². The molecule has 1 N–H and O–H groups in total. The van der Waals surface area contributed by atoms with Crippen molar-refractivity contribution in [2.75, 3.05) is 12.3 Å². The molecule has 0 saturated carbocycles. The van der Waals surface area contributed by atoms with E-state index in [0.29, 0.717) is 0 Å². The molecule has 0 atom stereocenters. The van der Waals surface area contributed by atoms with Gasteiger partial charge in [-0.2, -0.15) is 21.6 Å². The Morgan fingerprint density at radius 3 is 2.24 bits per heavy atom. The monoisotopic (exact) mass is 277 g/mol. The van der Waals surface area contributed by atoms with Gasteiger partial charge in [0, 0.05) is 13.5 Å². The molecule has 0 aliphatic heterocycles. The van der Waals surface area contributed by atoms with Gasteiger partial charge in [-0.15, -0.1) is 0 Å². The average molecular weight is 277 g/mol. The van der Waals surface area contributed by atoms with Crippen LogP contribution in [0.5, 0.6) is 0 Å². The lowest BCUT2D eigenvalue weighted by atomic mass is 10.5. The summed E-state index contributed by atoms with van der Waals surface area (Å²) in [7, 11) is -4.58. The predicted octanol–water partition coefficient (Wildman–Crippen LogP) is -0.0521. The molecule has 0 aliphatic carbocycles. The smallest absolute Gasteiger partial charge is 0.356 e. The van der Waals surface area contributed by atoms with Gasteiger partial charge in [0.05, 0.1) is 5.75 Å². The maximum Gasteiger partial charge on any atom is 0.492 e. The molecule has 0 aliphatic rings. The summed E-state index contributed by atoms with van der Waals surface area (Å²) in [6.07, 6.45) is -5.52. The summed E-state index contributed by atoms with van der Waals surface area (Å²) in [6.45, 7) is 1.15. The van der Waals surface area contributed by atoms with Gasteiger partial charge in [-0.25, -0.2) is 4.79 Å². The molecule has 0 saturated heterocycles. The Hall–Kier alpha value is -1.32. The quantitative estimate of drug-likeness (QED) is 0.562. The largest absolute Gasteiger partial charge is 0.492 e. The zero-order valence-electron chi connectivity index (χ0n) is 8.70. The van der Waals surface area contributed by atoms with E-state index in [2.05, 4.69) is 9.50 Å². The number of alkyl halides is 3. The highest BCUT2D eigenvalue weighted by Crippen LogP contribution is 2.18. The first-order valence-electron chi connectivity index (χ1n) is 4.32. The highest BCUT2D eigenvalue weighted by Gasteiger charge is 2.43. The summed E-state index contributed by atoms with van der Waals surface area (Å²) in [4.78, 5) is 20.6. The van der Waals surface area contributed by atoms with Gasteiger partial charge in [-0.3, -0.25) is 4.79 Å².